The van der Waals surface area contributed by atoms with Gasteiger partial charge in [-0.05, 0) is 12.5 Å². The van der Waals surface area contributed by atoms with E-state index in [2.05, 4.69) is 5.32 Å². The molecule has 128 valence electrons. The number of nitrogens with zero attached hydrogens (tertiary/aromatic N) is 2. The normalized spacial score (nSPS) is 15.4. The first kappa shape index (κ1) is 17.5. The summed E-state index contributed by atoms with van der Waals surface area (Å²) < 4.78 is 4.82. The van der Waals surface area contributed by atoms with Crippen molar-refractivity contribution in [2.75, 3.05) is 26.7 Å². The van der Waals surface area contributed by atoms with Gasteiger partial charge in [-0.15, -0.1) is 0 Å². The van der Waals surface area contributed by atoms with Crippen LogP contribution in [-0.2, 0) is 19.1 Å². The van der Waals surface area contributed by atoms with Gasteiger partial charge in [0.2, 0.25) is 0 Å². The molecule has 1 aromatic rings. The first-order valence-electron chi connectivity index (χ1n) is 7.44. The number of imide groups is 1. The number of likely N-dealkylation sites (N-methyl/N-ethyl adjacent to an activating group) is 1. The molecule has 0 saturated carbocycles. The zero-order chi connectivity index (χ0) is 17.7. The van der Waals surface area contributed by atoms with Gasteiger partial charge >= 0.3 is 12.0 Å². The molecular formula is C16H19N3O5. The molecule has 4 amide bonds. The molecule has 1 aliphatic rings. The highest BCUT2D eigenvalue weighted by atomic mass is 16.5. The summed E-state index contributed by atoms with van der Waals surface area (Å²) in [5.41, 5.74) is 0.925. The van der Waals surface area contributed by atoms with Gasteiger partial charge in [0.1, 0.15) is 13.1 Å². The summed E-state index contributed by atoms with van der Waals surface area (Å²) in [6.07, 6.45) is 0. The lowest BCUT2D eigenvalue weighted by Gasteiger charge is -2.15. The fourth-order valence-electron chi connectivity index (χ4n) is 2.25. The highest BCUT2D eigenvalue weighted by molar-refractivity contribution is 6.04. The van der Waals surface area contributed by atoms with Crippen LogP contribution in [0.3, 0.4) is 0 Å². The number of rotatable bonds is 6. The van der Waals surface area contributed by atoms with Crippen LogP contribution in [0.4, 0.5) is 4.79 Å². The second-order valence-electron chi connectivity index (χ2n) is 5.48. The number of carbonyl (C=O) groups is 4. The van der Waals surface area contributed by atoms with Gasteiger partial charge < -0.3 is 15.0 Å². The van der Waals surface area contributed by atoms with Crippen LogP contribution in [0.25, 0.3) is 0 Å². The molecule has 1 fully saturated rings. The monoisotopic (exact) mass is 333 g/mol. The van der Waals surface area contributed by atoms with Gasteiger partial charge in [0.25, 0.3) is 11.8 Å². The Kier molecular flexibility index (Phi) is 5.51. The van der Waals surface area contributed by atoms with E-state index < -0.39 is 37.0 Å². The van der Waals surface area contributed by atoms with Gasteiger partial charge in [-0.1, -0.05) is 30.3 Å². The summed E-state index contributed by atoms with van der Waals surface area (Å²) in [6, 6.07) is 8.55. The van der Waals surface area contributed by atoms with Crippen LogP contribution in [0.5, 0.6) is 0 Å². The van der Waals surface area contributed by atoms with Crippen LogP contribution in [-0.4, -0.2) is 60.4 Å². The first-order valence-corrected chi connectivity index (χ1v) is 7.44. The van der Waals surface area contributed by atoms with E-state index in [9.17, 15) is 19.2 Å². The van der Waals surface area contributed by atoms with Crippen molar-refractivity contribution in [2.24, 2.45) is 0 Å². The Labute approximate surface area is 139 Å². The molecule has 1 heterocycles. The molecule has 8 nitrogen and oxygen atoms in total. The van der Waals surface area contributed by atoms with Crippen molar-refractivity contribution >= 4 is 23.8 Å². The maximum Gasteiger partial charge on any atom is 0.327 e. The summed E-state index contributed by atoms with van der Waals surface area (Å²) in [5, 5.41) is 2.70. The molecular weight excluding hydrogens is 314 g/mol. The number of hydrogen-bond donors (Lipinski definition) is 1. The van der Waals surface area contributed by atoms with Gasteiger partial charge in [0.15, 0.2) is 6.61 Å². The third kappa shape index (κ3) is 4.31. The van der Waals surface area contributed by atoms with Gasteiger partial charge in [0.05, 0.1) is 6.04 Å². The molecule has 24 heavy (non-hydrogen) atoms. The molecule has 1 aliphatic heterocycles. The largest absolute Gasteiger partial charge is 0.454 e. The van der Waals surface area contributed by atoms with Crippen molar-refractivity contribution in [3.8, 4) is 0 Å². The minimum absolute atomic E-state index is 0.0683. The van der Waals surface area contributed by atoms with Crippen molar-refractivity contribution in [2.45, 2.75) is 13.0 Å². The minimum Gasteiger partial charge on any atom is -0.454 e. The number of carbonyl (C=O) groups excluding carboxylic acids is 4. The summed E-state index contributed by atoms with van der Waals surface area (Å²) in [4.78, 5) is 48.7. The molecule has 0 radical (unpaired) electrons. The smallest absolute Gasteiger partial charge is 0.327 e. The fraction of sp³-hybridized carbons (Fsp3) is 0.375. The van der Waals surface area contributed by atoms with Crippen molar-refractivity contribution in [1.82, 2.24) is 15.1 Å². The van der Waals surface area contributed by atoms with E-state index in [0.717, 1.165) is 10.5 Å². The topological polar surface area (TPSA) is 96.0 Å². The quantitative estimate of drug-likeness (QED) is 0.597. The van der Waals surface area contributed by atoms with E-state index in [0.29, 0.717) is 0 Å². The van der Waals surface area contributed by atoms with E-state index >= 15 is 0 Å². The highest BCUT2D eigenvalue weighted by Gasteiger charge is 2.35. The number of amides is 4. The Hall–Kier alpha value is -2.90. The SMILES string of the molecule is C[C@H](NC(=O)COC(=O)CN1C(=O)CN(C)C1=O)c1ccccc1. The Morgan fingerprint density at radius 3 is 2.50 bits per heavy atom. The Morgan fingerprint density at radius 1 is 1.25 bits per heavy atom. The maximum atomic E-state index is 11.8. The molecule has 1 N–H and O–H groups in total. The van der Waals surface area contributed by atoms with Gasteiger partial charge in [-0.3, -0.25) is 19.3 Å². The van der Waals surface area contributed by atoms with E-state index in [4.69, 9.17) is 4.74 Å². The molecule has 2 rings (SSSR count). The zero-order valence-corrected chi connectivity index (χ0v) is 13.5. The predicted molar refractivity (Wildman–Crippen MR) is 83.7 cm³/mol. The minimum atomic E-state index is -0.811. The number of ether oxygens (including phenoxy) is 1. The molecule has 0 aromatic heterocycles. The number of nitrogens with one attached hydrogen (secondary N) is 1. The number of urea groups is 1. The molecule has 8 heteroatoms. The number of hydrogen-bond acceptors (Lipinski definition) is 5. The standard InChI is InChI=1S/C16H19N3O5/c1-11(12-6-4-3-5-7-12)17-13(20)10-24-15(22)9-19-14(21)8-18(2)16(19)23/h3-7,11H,8-10H2,1-2H3,(H,17,20)/t11-/m0/s1. The van der Waals surface area contributed by atoms with Gasteiger partial charge in [0, 0.05) is 7.05 Å². The highest BCUT2D eigenvalue weighted by Crippen LogP contribution is 2.11. The van der Waals surface area contributed by atoms with Crippen LogP contribution in [0.2, 0.25) is 0 Å². The molecule has 1 atom stereocenters. The number of esters is 1. The first-order chi connectivity index (χ1) is 11.4. The lowest BCUT2D eigenvalue weighted by atomic mass is 10.1. The van der Waals surface area contributed by atoms with Crippen LogP contribution < -0.4 is 5.32 Å². The number of benzene rings is 1. The molecule has 0 unspecified atom stereocenters. The van der Waals surface area contributed by atoms with Crippen LogP contribution >= 0.6 is 0 Å². The van der Waals surface area contributed by atoms with Crippen LogP contribution in [0, 0.1) is 0 Å². The molecule has 0 bridgehead atoms. The molecule has 1 saturated heterocycles. The van der Waals surface area contributed by atoms with E-state index in [1.54, 1.807) is 0 Å². The second kappa shape index (κ2) is 7.58. The van der Waals surface area contributed by atoms with Crippen molar-refractivity contribution in [3.05, 3.63) is 35.9 Å². The lowest BCUT2D eigenvalue weighted by Crippen LogP contribution is -2.38. The van der Waals surface area contributed by atoms with Crippen molar-refractivity contribution < 1.29 is 23.9 Å². The van der Waals surface area contributed by atoms with Gasteiger partial charge in [-0.25, -0.2) is 4.79 Å². The van der Waals surface area contributed by atoms with Crippen LogP contribution in [0.15, 0.2) is 30.3 Å². The second-order valence-corrected chi connectivity index (χ2v) is 5.48. The average molecular weight is 333 g/mol. The van der Waals surface area contributed by atoms with E-state index in [1.165, 1.54) is 11.9 Å². The Morgan fingerprint density at radius 2 is 1.92 bits per heavy atom. The third-order valence-corrected chi connectivity index (χ3v) is 3.56. The predicted octanol–water partition coefficient (Wildman–Crippen LogP) is 0.301. The third-order valence-electron chi connectivity index (χ3n) is 3.56. The zero-order valence-electron chi connectivity index (χ0n) is 13.5. The summed E-state index contributed by atoms with van der Waals surface area (Å²) in [6.45, 7) is 0.777. The van der Waals surface area contributed by atoms with E-state index in [-0.39, 0.29) is 12.6 Å². The Bertz CT molecular complexity index is 646. The molecule has 0 aliphatic carbocycles. The summed E-state index contributed by atoms with van der Waals surface area (Å²) in [7, 11) is 1.46. The molecule has 0 spiro atoms. The maximum absolute atomic E-state index is 11.8. The Balaban J connectivity index is 1.76. The van der Waals surface area contributed by atoms with Crippen LogP contribution in [0.1, 0.15) is 18.5 Å². The molecule has 1 aromatic carbocycles. The average Bonchev–Trinajstić information content (AvgIpc) is 2.80. The summed E-state index contributed by atoms with van der Waals surface area (Å²) >= 11 is 0. The van der Waals surface area contributed by atoms with Crippen molar-refractivity contribution in [1.29, 1.82) is 0 Å². The summed E-state index contributed by atoms with van der Waals surface area (Å²) in [5.74, 6) is -1.74. The lowest BCUT2D eigenvalue weighted by molar-refractivity contribution is -0.150. The van der Waals surface area contributed by atoms with Gasteiger partial charge in [-0.2, -0.15) is 0 Å². The van der Waals surface area contributed by atoms with Crippen molar-refractivity contribution in [3.63, 3.8) is 0 Å². The van der Waals surface area contributed by atoms with E-state index in [1.807, 2.05) is 37.3 Å². The fourth-order valence-corrected chi connectivity index (χ4v) is 2.25.